The highest BCUT2D eigenvalue weighted by molar-refractivity contribution is 5.36. The first-order valence-electron chi connectivity index (χ1n) is 6.71. The fourth-order valence-electron chi connectivity index (χ4n) is 2.92. The maximum absolute atomic E-state index is 5.70. The molecule has 1 aromatic heterocycles. The summed E-state index contributed by atoms with van der Waals surface area (Å²) in [4.78, 5) is 4.64. The van der Waals surface area contributed by atoms with E-state index in [2.05, 4.69) is 33.8 Å². The lowest BCUT2D eigenvalue weighted by molar-refractivity contribution is 0.510. The van der Waals surface area contributed by atoms with Gasteiger partial charge in [0.05, 0.1) is 12.0 Å². The highest BCUT2D eigenvalue weighted by Gasteiger charge is 2.24. The number of benzene rings is 1. The van der Waals surface area contributed by atoms with Crippen molar-refractivity contribution >= 4 is 0 Å². The molecule has 0 saturated carbocycles. The first kappa shape index (κ1) is 11.5. The average Bonchev–Trinajstić information content (AvgIpc) is 2.85. The molecule has 1 heterocycles. The molecule has 0 amide bonds. The molecule has 0 bridgehead atoms. The van der Waals surface area contributed by atoms with Gasteiger partial charge >= 0.3 is 0 Å². The van der Waals surface area contributed by atoms with Crippen LogP contribution in [0.25, 0.3) is 5.69 Å². The first-order chi connectivity index (χ1) is 8.90. The van der Waals surface area contributed by atoms with Gasteiger partial charge in [0.15, 0.2) is 0 Å². The predicted octanol–water partition coefficient (Wildman–Crippen LogP) is 2.64. The van der Waals surface area contributed by atoms with Crippen LogP contribution in [0.5, 0.6) is 0 Å². The van der Waals surface area contributed by atoms with Crippen LogP contribution >= 0.6 is 0 Å². The first-order valence-corrected chi connectivity index (χ1v) is 6.71. The molecule has 0 aliphatic heterocycles. The fourth-order valence-corrected chi connectivity index (χ4v) is 2.92. The number of fused-ring (bicyclic) bond motifs is 1. The number of para-hydroxylation sites is 1. The largest absolute Gasteiger partial charge is 0.330 e. The number of hydrogen-bond donors (Lipinski definition) is 1. The van der Waals surface area contributed by atoms with Gasteiger partial charge in [0.25, 0.3) is 0 Å². The second kappa shape index (κ2) is 4.94. The number of imidazole rings is 1. The Kier molecular flexibility index (Phi) is 3.15. The van der Waals surface area contributed by atoms with Crippen LogP contribution < -0.4 is 5.73 Å². The van der Waals surface area contributed by atoms with Crippen LogP contribution in [-0.4, -0.2) is 16.1 Å². The maximum Gasteiger partial charge on any atom is 0.0997 e. The molecule has 1 atom stereocenters. The van der Waals surface area contributed by atoms with Crippen LogP contribution in [0.4, 0.5) is 0 Å². The Labute approximate surface area is 108 Å². The Bertz CT molecular complexity index is 516. The SMILES string of the molecule is NCC[C@@H]1CCCc2c1ncn2-c1ccccc1. The van der Waals surface area contributed by atoms with E-state index in [0.717, 1.165) is 19.4 Å². The van der Waals surface area contributed by atoms with Crippen molar-refractivity contribution in [2.24, 2.45) is 5.73 Å². The highest BCUT2D eigenvalue weighted by atomic mass is 15.1. The quantitative estimate of drug-likeness (QED) is 0.897. The lowest BCUT2D eigenvalue weighted by Crippen LogP contribution is -2.15. The number of nitrogens with zero attached hydrogens (tertiary/aromatic N) is 2. The van der Waals surface area contributed by atoms with Gasteiger partial charge in [0.2, 0.25) is 0 Å². The van der Waals surface area contributed by atoms with Gasteiger partial charge in [-0.15, -0.1) is 0 Å². The van der Waals surface area contributed by atoms with Gasteiger partial charge in [-0.25, -0.2) is 4.98 Å². The van der Waals surface area contributed by atoms with E-state index in [1.54, 1.807) is 0 Å². The van der Waals surface area contributed by atoms with E-state index in [9.17, 15) is 0 Å². The van der Waals surface area contributed by atoms with Crippen LogP contribution in [0.2, 0.25) is 0 Å². The van der Waals surface area contributed by atoms with E-state index in [4.69, 9.17) is 5.73 Å². The summed E-state index contributed by atoms with van der Waals surface area (Å²) in [6.07, 6.45) is 6.63. The van der Waals surface area contributed by atoms with E-state index in [1.165, 1.54) is 29.9 Å². The molecule has 1 aliphatic carbocycles. The number of nitrogens with two attached hydrogens (primary N) is 1. The smallest absolute Gasteiger partial charge is 0.0997 e. The lowest BCUT2D eigenvalue weighted by atomic mass is 9.87. The van der Waals surface area contributed by atoms with E-state index < -0.39 is 0 Å². The van der Waals surface area contributed by atoms with Gasteiger partial charge in [-0.05, 0) is 44.4 Å². The van der Waals surface area contributed by atoms with Gasteiger partial charge in [0.1, 0.15) is 0 Å². The molecule has 2 N–H and O–H groups in total. The second-order valence-electron chi connectivity index (χ2n) is 4.95. The second-order valence-corrected chi connectivity index (χ2v) is 4.95. The van der Waals surface area contributed by atoms with Crippen molar-refractivity contribution in [2.75, 3.05) is 6.54 Å². The number of aromatic nitrogens is 2. The van der Waals surface area contributed by atoms with Crippen molar-refractivity contribution in [3.05, 3.63) is 48.0 Å². The molecule has 3 nitrogen and oxygen atoms in total. The summed E-state index contributed by atoms with van der Waals surface area (Å²) in [6, 6.07) is 10.5. The molecule has 0 fully saturated rings. The molecule has 1 aromatic carbocycles. The van der Waals surface area contributed by atoms with Crippen molar-refractivity contribution in [2.45, 2.75) is 31.6 Å². The number of rotatable bonds is 3. The Hall–Kier alpha value is -1.61. The molecule has 18 heavy (non-hydrogen) atoms. The van der Waals surface area contributed by atoms with E-state index >= 15 is 0 Å². The average molecular weight is 241 g/mol. The Morgan fingerprint density at radius 3 is 2.89 bits per heavy atom. The molecule has 0 unspecified atom stereocenters. The molecule has 3 rings (SSSR count). The van der Waals surface area contributed by atoms with Gasteiger partial charge in [-0.3, -0.25) is 0 Å². The summed E-state index contributed by atoms with van der Waals surface area (Å²) >= 11 is 0. The molecule has 0 radical (unpaired) electrons. The number of hydrogen-bond acceptors (Lipinski definition) is 2. The van der Waals surface area contributed by atoms with Gasteiger partial charge in [-0.2, -0.15) is 0 Å². The minimum Gasteiger partial charge on any atom is -0.330 e. The third kappa shape index (κ3) is 1.95. The fraction of sp³-hybridized carbons (Fsp3) is 0.400. The van der Waals surface area contributed by atoms with Gasteiger partial charge in [0, 0.05) is 17.3 Å². The summed E-state index contributed by atoms with van der Waals surface area (Å²) in [7, 11) is 0. The summed E-state index contributed by atoms with van der Waals surface area (Å²) in [5.41, 5.74) is 9.56. The van der Waals surface area contributed by atoms with E-state index in [0.29, 0.717) is 5.92 Å². The normalized spacial score (nSPS) is 18.6. The van der Waals surface area contributed by atoms with Crippen molar-refractivity contribution < 1.29 is 0 Å². The van der Waals surface area contributed by atoms with Crippen molar-refractivity contribution in [1.82, 2.24) is 9.55 Å². The predicted molar refractivity (Wildman–Crippen MR) is 72.9 cm³/mol. The molecule has 0 saturated heterocycles. The molecule has 0 spiro atoms. The molecule has 94 valence electrons. The summed E-state index contributed by atoms with van der Waals surface area (Å²) in [5.74, 6) is 0.559. The van der Waals surface area contributed by atoms with Crippen molar-refractivity contribution in [1.29, 1.82) is 0 Å². The zero-order valence-corrected chi connectivity index (χ0v) is 10.5. The third-order valence-corrected chi connectivity index (χ3v) is 3.80. The highest BCUT2D eigenvalue weighted by Crippen LogP contribution is 2.33. The van der Waals surface area contributed by atoms with E-state index in [1.807, 2.05) is 12.4 Å². The van der Waals surface area contributed by atoms with Crippen LogP contribution in [0.1, 0.15) is 36.6 Å². The van der Waals surface area contributed by atoms with Crippen LogP contribution in [-0.2, 0) is 6.42 Å². The summed E-state index contributed by atoms with van der Waals surface area (Å²) in [5, 5.41) is 0. The third-order valence-electron chi connectivity index (χ3n) is 3.80. The Morgan fingerprint density at radius 1 is 1.28 bits per heavy atom. The van der Waals surface area contributed by atoms with Gasteiger partial charge < -0.3 is 10.3 Å². The Balaban J connectivity index is 2.00. The molecular weight excluding hydrogens is 222 g/mol. The minimum atomic E-state index is 0.559. The zero-order valence-electron chi connectivity index (χ0n) is 10.5. The molecule has 1 aliphatic rings. The monoisotopic (exact) mass is 241 g/mol. The zero-order chi connectivity index (χ0) is 12.4. The summed E-state index contributed by atoms with van der Waals surface area (Å²) < 4.78 is 2.23. The van der Waals surface area contributed by atoms with Crippen molar-refractivity contribution in [3.8, 4) is 5.69 Å². The molecule has 3 heteroatoms. The van der Waals surface area contributed by atoms with Crippen molar-refractivity contribution in [3.63, 3.8) is 0 Å². The maximum atomic E-state index is 5.70. The van der Waals surface area contributed by atoms with Crippen LogP contribution in [0.15, 0.2) is 36.7 Å². The minimum absolute atomic E-state index is 0.559. The topological polar surface area (TPSA) is 43.8 Å². The standard InChI is InChI=1S/C15H19N3/c16-10-9-12-5-4-8-14-15(12)17-11-18(14)13-6-2-1-3-7-13/h1-3,6-7,11-12H,4-5,8-10,16H2/t12-/m0/s1. The summed E-state index contributed by atoms with van der Waals surface area (Å²) in [6.45, 7) is 0.752. The van der Waals surface area contributed by atoms with E-state index in [-0.39, 0.29) is 0 Å². The molecular formula is C15H19N3. The lowest BCUT2D eigenvalue weighted by Gasteiger charge is -2.22. The molecule has 2 aromatic rings. The van der Waals surface area contributed by atoms with Gasteiger partial charge in [-0.1, -0.05) is 18.2 Å². The Morgan fingerprint density at radius 2 is 2.11 bits per heavy atom. The van der Waals surface area contributed by atoms with Crippen LogP contribution in [0.3, 0.4) is 0 Å². The van der Waals surface area contributed by atoms with Crippen LogP contribution in [0, 0.1) is 0 Å².